The largest absolute Gasteiger partial charge is 0.508 e. The predicted octanol–water partition coefficient (Wildman–Crippen LogP) is 5.39. The number of hydrogen-bond donors (Lipinski definition) is 3. The molecule has 0 aromatic heterocycles. The van der Waals surface area contributed by atoms with Crippen LogP contribution in [-0.2, 0) is 0 Å². The maximum Gasteiger partial charge on any atom is 0.193 e. The van der Waals surface area contributed by atoms with Gasteiger partial charge < -0.3 is 20.1 Å². The van der Waals surface area contributed by atoms with E-state index in [0.29, 0.717) is 12.0 Å². The van der Waals surface area contributed by atoms with Gasteiger partial charge in [0.05, 0.1) is 6.42 Å². The zero-order valence-electron chi connectivity index (χ0n) is 17.8. The summed E-state index contributed by atoms with van der Waals surface area (Å²) in [7, 11) is 0. The molecule has 0 amide bonds. The van der Waals surface area contributed by atoms with Crippen molar-refractivity contribution in [1.82, 2.24) is 0 Å². The molecule has 1 aliphatic rings. The number of Topliss-reactive ketones (excluding diaryl/α,β-unsaturated/α-hetero) is 1. The van der Waals surface area contributed by atoms with Crippen LogP contribution in [0.15, 0.2) is 53.6 Å². The standard InChI is InChI=1S/C25H26O6/c1-14(2)5-4-6-15(3)11-18(27)23-19(28)13-22-24(25(23)30)20(29)12-21(31-22)16-7-9-17(26)10-8-16/h5,7-11,13,21,26,28,30H,4,6,12H2,1-3H3/b15-11+. The number of ether oxygens (including phenoxy) is 1. The monoisotopic (exact) mass is 422 g/mol. The van der Waals surface area contributed by atoms with Gasteiger partial charge in [0.1, 0.15) is 40.2 Å². The van der Waals surface area contributed by atoms with E-state index in [-0.39, 0.29) is 29.0 Å². The molecule has 6 heteroatoms. The minimum Gasteiger partial charge on any atom is -0.508 e. The number of carbonyl (C=O) groups is 2. The van der Waals surface area contributed by atoms with Crippen molar-refractivity contribution in [2.24, 2.45) is 0 Å². The molecule has 0 spiro atoms. The van der Waals surface area contributed by atoms with Crippen LogP contribution in [0.25, 0.3) is 0 Å². The Bertz CT molecular complexity index is 1070. The average molecular weight is 422 g/mol. The second-order valence-corrected chi connectivity index (χ2v) is 7.99. The first kappa shape index (κ1) is 22.2. The first-order valence-corrected chi connectivity index (χ1v) is 10.1. The fraction of sp³-hybridized carbons (Fsp3) is 0.280. The van der Waals surface area contributed by atoms with Crippen molar-refractivity contribution in [3.63, 3.8) is 0 Å². The van der Waals surface area contributed by atoms with Crippen molar-refractivity contribution in [3.8, 4) is 23.0 Å². The van der Waals surface area contributed by atoms with E-state index in [1.807, 2.05) is 13.8 Å². The summed E-state index contributed by atoms with van der Waals surface area (Å²) < 4.78 is 5.83. The summed E-state index contributed by atoms with van der Waals surface area (Å²) in [5, 5.41) is 30.5. The average Bonchev–Trinajstić information content (AvgIpc) is 2.67. The van der Waals surface area contributed by atoms with Crippen LogP contribution in [0.1, 0.15) is 72.4 Å². The lowest BCUT2D eigenvalue weighted by Gasteiger charge is -2.27. The highest BCUT2D eigenvalue weighted by atomic mass is 16.5. The highest BCUT2D eigenvalue weighted by Crippen LogP contribution is 2.44. The lowest BCUT2D eigenvalue weighted by molar-refractivity contribution is 0.0844. The van der Waals surface area contributed by atoms with Gasteiger partial charge in [0.2, 0.25) is 0 Å². The van der Waals surface area contributed by atoms with Crippen molar-refractivity contribution < 1.29 is 29.6 Å². The third-order valence-electron chi connectivity index (χ3n) is 5.14. The molecule has 1 aliphatic heterocycles. The van der Waals surface area contributed by atoms with E-state index in [2.05, 4.69) is 6.08 Å². The Morgan fingerprint density at radius 1 is 1.13 bits per heavy atom. The Balaban J connectivity index is 1.89. The van der Waals surface area contributed by atoms with Crippen LogP contribution in [-0.4, -0.2) is 26.9 Å². The third-order valence-corrected chi connectivity index (χ3v) is 5.14. The molecule has 0 fully saturated rings. The lowest BCUT2D eigenvalue weighted by Crippen LogP contribution is -2.21. The van der Waals surface area contributed by atoms with E-state index < -0.39 is 29.2 Å². The predicted molar refractivity (Wildman–Crippen MR) is 117 cm³/mol. The normalized spacial score (nSPS) is 15.8. The second-order valence-electron chi connectivity index (χ2n) is 7.99. The number of phenolic OH excluding ortho intramolecular Hbond substituents is 3. The number of allylic oxidation sites excluding steroid dienone is 4. The van der Waals surface area contributed by atoms with E-state index in [1.54, 1.807) is 19.1 Å². The zero-order valence-corrected chi connectivity index (χ0v) is 17.8. The fourth-order valence-corrected chi connectivity index (χ4v) is 3.53. The number of carbonyl (C=O) groups excluding carboxylic acids is 2. The van der Waals surface area contributed by atoms with Gasteiger partial charge in [-0.05, 0) is 57.4 Å². The maximum absolute atomic E-state index is 12.8. The van der Waals surface area contributed by atoms with E-state index in [1.165, 1.54) is 29.8 Å². The molecule has 0 aliphatic carbocycles. The van der Waals surface area contributed by atoms with Gasteiger partial charge in [-0.15, -0.1) is 0 Å². The third kappa shape index (κ3) is 4.97. The number of fused-ring (bicyclic) bond motifs is 1. The fourth-order valence-electron chi connectivity index (χ4n) is 3.53. The maximum atomic E-state index is 12.8. The molecule has 1 atom stereocenters. The summed E-state index contributed by atoms with van der Waals surface area (Å²) in [6.45, 7) is 5.80. The van der Waals surface area contributed by atoms with E-state index in [4.69, 9.17) is 4.74 Å². The quantitative estimate of drug-likeness (QED) is 0.328. The number of benzene rings is 2. The van der Waals surface area contributed by atoms with Crippen molar-refractivity contribution >= 4 is 11.6 Å². The number of aromatic hydroxyl groups is 3. The molecule has 1 unspecified atom stereocenters. The van der Waals surface area contributed by atoms with Crippen LogP contribution in [0.2, 0.25) is 0 Å². The van der Waals surface area contributed by atoms with Crippen molar-refractivity contribution in [1.29, 1.82) is 0 Å². The second kappa shape index (κ2) is 9.08. The molecule has 3 N–H and O–H groups in total. The Morgan fingerprint density at radius 3 is 2.45 bits per heavy atom. The van der Waals surface area contributed by atoms with Crippen LogP contribution in [0.4, 0.5) is 0 Å². The Labute approximate surface area is 181 Å². The first-order valence-electron chi connectivity index (χ1n) is 10.1. The van der Waals surface area contributed by atoms with Gasteiger partial charge in [-0.2, -0.15) is 0 Å². The molecule has 1 heterocycles. The molecule has 0 saturated heterocycles. The SMILES string of the molecule is CC(C)=CCC/C(C)=C/C(=O)c1c(O)cc2c(c1O)C(=O)CC(c1ccc(O)cc1)O2. The number of hydrogen-bond acceptors (Lipinski definition) is 6. The van der Waals surface area contributed by atoms with Gasteiger partial charge in [-0.1, -0.05) is 29.4 Å². The van der Waals surface area contributed by atoms with Crippen LogP contribution >= 0.6 is 0 Å². The van der Waals surface area contributed by atoms with Gasteiger partial charge in [0.25, 0.3) is 0 Å². The first-order chi connectivity index (χ1) is 14.7. The summed E-state index contributed by atoms with van der Waals surface area (Å²) in [5.74, 6) is -1.87. The molecule has 2 aromatic rings. The summed E-state index contributed by atoms with van der Waals surface area (Å²) in [6.07, 6.45) is 4.22. The van der Waals surface area contributed by atoms with Crippen LogP contribution in [0, 0.1) is 0 Å². The van der Waals surface area contributed by atoms with Crippen LogP contribution < -0.4 is 4.74 Å². The smallest absolute Gasteiger partial charge is 0.193 e. The van der Waals surface area contributed by atoms with Crippen molar-refractivity contribution in [3.05, 3.63) is 70.3 Å². The molecule has 6 nitrogen and oxygen atoms in total. The van der Waals surface area contributed by atoms with Gasteiger partial charge in [0, 0.05) is 6.07 Å². The number of ketones is 2. The summed E-state index contributed by atoms with van der Waals surface area (Å²) in [5.41, 5.74) is 2.25. The van der Waals surface area contributed by atoms with Gasteiger partial charge >= 0.3 is 0 Å². The molecule has 3 rings (SSSR count). The molecule has 0 radical (unpaired) electrons. The van der Waals surface area contributed by atoms with Gasteiger partial charge in [-0.3, -0.25) is 9.59 Å². The van der Waals surface area contributed by atoms with E-state index in [9.17, 15) is 24.9 Å². The molecule has 0 saturated carbocycles. The van der Waals surface area contributed by atoms with E-state index >= 15 is 0 Å². The Morgan fingerprint density at radius 2 is 1.81 bits per heavy atom. The zero-order chi connectivity index (χ0) is 22.7. The topological polar surface area (TPSA) is 104 Å². The van der Waals surface area contributed by atoms with Crippen molar-refractivity contribution in [2.45, 2.75) is 46.1 Å². The minimum absolute atomic E-state index is 0.0186. The molecule has 31 heavy (non-hydrogen) atoms. The molecule has 162 valence electrons. The molecule has 2 aromatic carbocycles. The van der Waals surface area contributed by atoms with Gasteiger partial charge in [-0.25, -0.2) is 0 Å². The van der Waals surface area contributed by atoms with Gasteiger partial charge in [0.15, 0.2) is 11.6 Å². The Kier molecular flexibility index (Phi) is 6.49. The molecule has 0 bridgehead atoms. The van der Waals surface area contributed by atoms with E-state index in [0.717, 1.165) is 12.0 Å². The Hall–Kier alpha value is -3.54. The molecular formula is C25H26O6. The van der Waals surface area contributed by atoms with Crippen LogP contribution in [0.5, 0.6) is 23.0 Å². The van der Waals surface area contributed by atoms with Crippen LogP contribution in [0.3, 0.4) is 0 Å². The number of rotatable bonds is 6. The highest BCUT2D eigenvalue weighted by Gasteiger charge is 2.34. The highest BCUT2D eigenvalue weighted by molar-refractivity contribution is 6.13. The minimum atomic E-state index is -0.627. The number of phenols is 3. The summed E-state index contributed by atoms with van der Waals surface area (Å²) >= 11 is 0. The lowest BCUT2D eigenvalue weighted by atomic mass is 9.92. The molecular weight excluding hydrogens is 396 g/mol. The summed E-state index contributed by atoms with van der Waals surface area (Å²) in [6, 6.07) is 7.44. The summed E-state index contributed by atoms with van der Waals surface area (Å²) in [4.78, 5) is 25.5. The van der Waals surface area contributed by atoms with Crippen molar-refractivity contribution in [2.75, 3.05) is 0 Å².